The smallest absolute Gasteiger partial charge is 0.270 e. The molecule has 1 aliphatic rings. The molecule has 0 atom stereocenters. The fourth-order valence-corrected chi connectivity index (χ4v) is 4.74. The Morgan fingerprint density at radius 2 is 1.88 bits per heavy atom. The normalized spacial score (nSPS) is 13.4. The summed E-state index contributed by atoms with van der Waals surface area (Å²) in [6, 6.07) is 15.9. The van der Waals surface area contributed by atoms with Gasteiger partial charge >= 0.3 is 0 Å². The number of hydrogen-bond acceptors (Lipinski definition) is 8. The standard InChI is InChI=1S/C29H29N5O5S/c1-17(2)19-6-9-26-24(14-19)30-28(39-26)20-5-4-18(3)23(15-20)31-29(40)32-27(35)22-16-21(34(36)37)7-8-25(22)33-10-12-38-13-11-33/h4-9,14-17H,10-13H2,1-3H3,(H2,31,32,35,40). The van der Waals surface area contributed by atoms with Gasteiger partial charge in [-0.3, -0.25) is 20.2 Å². The molecule has 10 nitrogen and oxygen atoms in total. The molecule has 0 unspecified atom stereocenters. The Kier molecular flexibility index (Phi) is 7.76. The van der Waals surface area contributed by atoms with Crippen LogP contribution in [0.15, 0.2) is 59.0 Å². The topological polar surface area (TPSA) is 123 Å². The number of carbonyl (C=O) groups excluding carboxylic acids is 1. The number of hydrogen-bond donors (Lipinski definition) is 2. The van der Waals surface area contributed by atoms with Crippen LogP contribution in [0.3, 0.4) is 0 Å². The van der Waals surface area contributed by atoms with Crippen molar-refractivity contribution in [3.8, 4) is 11.5 Å². The molecular formula is C29H29N5O5S. The molecule has 11 heteroatoms. The summed E-state index contributed by atoms with van der Waals surface area (Å²) in [5.74, 6) is 0.306. The lowest BCUT2D eigenvalue weighted by Gasteiger charge is -2.30. The molecule has 40 heavy (non-hydrogen) atoms. The van der Waals surface area contributed by atoms with E-state index < -0.39 is 10.8 Å². The van der Waals surface area contributed by atoms with Gasteiger partial charge in [-0.05, 0) is 66.5 Å². The van der Waals surface area contributed by atoms with Crippen LogP contribution in [0.25, 0.3) is 22.6 Å². The number of benzene rings is 3. The maximum Gasteiger partial charge on any atom is 0.270 e. The van der Waals surface area contributed by atoms with Crippen LogP contribution in [-0.4, -0.2) is 47.2 Å². The third-order valence-electron chi connectivity index (χ3n) is 6.83. The molecule has 206 valence electrons. The van der Waals surface area contributed by atoms with Crippen LogP contribution in [-0.2, 0) is 4.74 Å². The molecular weight excluding hydrogens is 530 g/mol. The van der Waals surface area contributed by atoms with Crippen LogP contribution in [0.2, 0.25) is 0 Å². The van der Waals surface area contributed by atoms with Gasteiger partial charge in [-0.25, -0.2) is 4.98 Å². The van der Waals surface area contributed by atoms with Crippen molar-refractivity contribution < 1.29 is 18.9 Å². The molecule has 1 saturated heterocycles. The highest BCUT2D eigenvalue weighted by Gasteiger charge is 2.23. The number of non-ortho nitro benzene ring substituents is 1. The third-order valence-corrected chi connectivity index (χ3v) is 7.03. The van der Waals surface area contributed by atoms with Gasteiger partial charge in [0.25, 0.3) is 11.6 Å². The maximum atomic E-state index is 13.3. The fraction of sp³-hybridized carbons (Fsp3) is 0.276. The number of aryl methyl sites for hydroxylation is 1. The van der Waals surface area contributed by atoms with E-state index in [1.54, 1.807) is 6.07 Å². The second kappa shape index (κ2) is 11.4. The molecule has 0 saturated carbocycles. The molecule has 0 bridgehead atoms. The molecule has 0 spiro atoms. The van der Waals surface area contributed by atoms with E-state index in [-0.39, 0.29) is 16.4 Å². The lowest BCUT2D eigenvalue weighted by Crippen LogP contribution is -2.39. The van der Waals surface area contributed by atoms with E-state index in [2.05, 4.69) is 29.5 Å². The van der Waals surface area contributed by atoms with Crippen LogP contribution in [0.1, 0.15) is 41.3 Å². The van der Waals surface area contributed by atoms with Gasteiger partial charge in [0.1, 0.15) is 5.52 Å². The predicted octanol–water partition coefficient (Wildman–Crippen LogP) is 5.80. The number of nitrogens with one attached hydrogen (secondary N) is 2. The number of nitro groups is 1. The average molecular weight is 560 g/mol. The van der Waals surface area contributed by atoms with Crippen molar-refractivity contribution in [3.05, 3.63) is 81.4 Å². The van der Waals surface area contributed by atoms with Gasteiger partial charge in [0, 0.05) is 36.5 Å². The summed E-state index contributed by atoms with van der Waals surface area (Å²) in [5, 5.41) is 17.2. The van der Waals surface area contributed by atoms with Gasteiger partial charge in [-0.15, -0.1) is 0 Å². The SMILES string of the molecule is Cc1ccc(-c2nc3cc(C(C)C)ccc3o2)cc1NC(=S)NC(=O)c1cc([N+](=O)[O-])ccc1N1CCOCC1. The summed E-state index contributed by atoms with van der Waals surface area (Å²) >= 11 is 5.46. The zero-order chi connectivity index (χ0) is 28.4. The molecule has 2 N–H and O–H groups in total. The molecule has 3 aromatic carbocycles. The van der Waals surface area contributed by atoms with Gasteiger partial charge in [0.15, 0.2) is 10.7 Å². The average Bonchev–Trinajstić information content (AvgIpc) is 3.38. The Morgan fingerprint density at radius 1 is 1.10 bits per heavy atom. The summed E-state index contributed by atoms with van der Waals surface area (Å²) in [6.45, 7) is 8.32. The lowest BCUT2D eigenvalue weighted by atomic mass is 10.0. The van der Waals surface area contributed by atoms with Gasteiger partial charge < -0.3 is 19.4 Å². The predicted molar refractivity (Wildman–Crippen MR) is 158 cm³/mol. The van der Waals surface area contributed by atoms with E-state index in [0.29, 0.717) is 55.1 Å². The lowest BCUT2D eigenvalue weighted by molar-refractivity contribution is -0.384. The summed E-state index contributed by atoms with van der Waals surface area (Å²) in [7, 11) is 0. The van der Waals surface area contributed by atoms with E-state index in [1.807, 2.05) is 48.2 Å². The Balaban J connectivity index is 1.36. The molecule has 4 aromatic rings. The van der Waals surface area contributed by atoms with E-state index in [1.165, 1.54) is 17.7 Å². The van der Waals surface area contributed by atoms with Gasteiger partial charge in [0.05, 0.1) is 29.4 Å². The van der Waals surface area contributed by atoms with Crippen LogP contribution in [0.5, 0.6) is 0 Å². The summed E-state index contributed by atoms with van der Waals surface area (Å²) < 4.78 is 11.4. The monoisotopic (exact) mass is 559 g/mol. The molecule has 5 rings (SSSR count). The van der Waals surface area contributed by atoms with Crippen LogP contribution in [0.4, 0.5) is 17.1 Å². The number of amides is 1. The highest BCUT2D eigenvalue weighted by molar-refractivity contribution is 7.80. The molecule has 1 aliphatic heterocycles. The Bertz CT molecular complexity index is 1610. The van der Waals surface area contributed by atoms with Crippen LogP contribution in [0, 0.1) is 17.0 Å². The maximum absolute atomic E-state index is 13.3. The number of oxazole rings is 1. The van der Waals surface area contributed by atoms with Crippen molar-refractivity contribution in [2.45, 2.75) is 26.7 Å². The van der Waals surface area contributed by atoms with Crippen LogP contribution >= 0.6 is 12.2 Å². The molecule has 0 radical (unpaired) electrons. The van der Waals surface area contributed by atoms with E-state index in [9.17, 15) is 14.9 Å². The Labute approximate surface area is 236 Å². The largest absolute Gasteiger partial charge is 0.436 e. The third kappa shape index (κ3) is 5.80. The van der Waals surface area contributed by atoms with Crippen molar-refractivity contribution in [1.29, 1.82) is 0 Å². The highest BCUT2D eigenvalue weighted by atomic mass is 32.1. The zero-order valence-corrected chi connectivity index (χ0v) is 23.2. The van der Waals surface area contributed by atoms with Crippen molar-refractivity contribution in [2.75, 3.05) is 36.5 Å². The first kappa shape index (κ1) is 27.2. The van der Waals surface area contributed by atoms with Gasteiger partial charge in [-0.1, -0.05) is 26.0 Å². The zero-order valence-electron chi connectivity index (χ0n) is 22.4. The Morgan fingerprint density at radius 3 is 2.60 bits per heavy atom. The number of ether oxygens (including phenoxy) is 1. The molecule has 2 heterocycles. The molecule has 0 aliphatic carbocycles. The minimum Gasteiger partial charge on any atom is -0.436 e. The second-order valence-electron chi connectivity index (χ2n) is 9.90. The summed E-state index contributed by atoms with van der Waals surface area (Å²) in [4.78, 5) is 30.8. The summed E-state index contributed by atoms with van der Waals surface area (Å²) in [5.41, 5.74) is 5.55. The minimum atomic E-state index is -0.545. The number of thiocarbonyl (C=S) groups is 1. The highest BCUT2D eigenvalue weighted by Crippen LogP contribution is 2.30. The number of anilines is 2. The van der Waals surface area contributed by atoms with E-state index in [0.717, 1.165) is 16.6 Å². The Hall–Kier alpha value is -4.35. The number of morpholine rings is 1. The van der Waals surface area contributed by atoms with Crippen LogP contribution < -0.4 is 15.5 Å². The van der Waals surface area contributed by atoms with E-state index in [4.69, 9.17) is 21.4 Å². The number of rotatable bonds is 6. The fourth-order valence-electron chi connectivity index (χ4n) is 4.54. The first-order valence-corrected chi connectivity index (χ1v) is 13.4. The van der Waals surface area contributed by atoms with Crippen molar-refractivity contribution in [3.63, 3.8) is 0 Å². The number of nitro benzene ring substituents is 1. The van der Waals surface area contributed by atoms with Crippen molar-refractivity contribution in [2.24, 2.45) is 0 Å². The molecule has 1 aromatic heterocycles. The van der Waals surface area contributed by atoms with Crippen molar-refractivity contribution in [1.82, 2.24) is 10.3 Å². The quantitative estimate of drug-likeness (QED) is 0.171. The number of fused-ring (bicyclic) bond motifs is 1. The number of aromatic nitrogens is 1. The van der Waals surface area contributed by atoms with Gasteiger partial charge in [-0.2, -0.15) is 0 Å². The minimum absolute atomic E-state index is 0.0591. The summed E-state index contributed by atoms with van der Waals surface area (Å²) in [6.07, 6.45) is 0. The molecule has 1 fully saturated rings. The number of nitrogens with zero attached hydrogens (tertiary/aromatic N) is 3. The first-order chi connectivity index (χ1) is 19.2. The first-order valence-electron chi connectivity index (χ1n) is 12.9. The second-order valence-corrected chi connectivity index (χ2v) is 10.3. The van der Waals surface area contributed by atoms with Gasteiger partial charge in [0.2, 0.25) is 5.89 Å². The van der Waals surface area contributed by atoms with Crippen molar-refractivity contribution >= 4 is 51.4 Å². The molecule has 1 amide bonds. The van der Waals surface area contributed by atoms with E-state index >= 15 is 0 Å². The number of carbonyl (C=O) groups is 1.